The lowest BCUT2D eigenvalue weighted by Gasteiger charge is -2.19. The van der Waals surface area contributed by atoms with E-state index in [0.717, 1.165) is 36.7 Å². The zero-order valence-electron chi connectivity index (χ0n) is 13.7. The van der Waals surface area contributed by atoms with Gasteiger partial charge in [0.2, 0.25) is 0 Å². The quantitative estimate of drug-likeness (QED) is 0.732. The number of methoxy groups -OCH3 is 1. The summed E-state index contributed by atoms with van der Waals surface area (Å²) in [4.78, 5) is 2.37. The summed E-state index contributed by atoms with van der Waals surface area (Å²) < 4.78 is 11.4. The minimum absolute atomic E-state index is 0.548. The number of nitrogens with zero attached hydrogens (tertiary/aromatic N) is 1. The largest absolute Gasteiger partial charge is 0.493 e. The molecule has 0 aliphatic rings. The van der Waals surface area contributed by atoms with Crippen LogP contribution in [0.5, 0.6) is 11.5 Å². The molecule has 0 aliphatic carbocycles. The highest BCUT2D eigenvalue weighted by atomic mass is 16.5. The fourth-order valence-corrected chi connectivity index (χ4v) is 2.37. The Labute approximate surface area is 133 Å². The molecule has 0 heterocycles. The van der Waals surface area contributed by atoms with Crippen LogP contribution in [0.15, 0.2) is 48.5 Å². The van der Waals surface area contributed by atoms with Crippen LogP contribution in [0.2, 0.25) is 0 Å². The average Bonchev–Trinajstić information content (AvgIpc) is 2.59. The molecule has 0 saturated carbocycles. The van der Waals surface area contributed by atoms with Crippen molar-refractivity contribution in [2.75, 3.05) is 20.2 Å². The van der Waals surface area contributed by atoms with Gasteiger partial charge >= 0.3 is 0 Å². The topological polar surface area (TPSA) is 21.7 Å². The maximum Gasteiger partial charge on any atom is 0.161 e. The Bertz CT molecular complexity index is 565. The second-order valence-electron chi connectivity index (χ2n) is 5.22. The number of benzene rings is 2. The van der Waals surface area contributed by atoms with Gasteiger partial charge < -0.3 is 9.47 Å². The van der Waals surface area contributed by atoms with Gasteiger partial charge in [-0.05, 0) is 36.3 Å². The summed E-state index contributed by atoms with van der Waals surface area (Å²) >= 11 is 0. The molecule has 0 aliphatic heterocycles. The lowest BCUT2D eigenvalue weighted by atomic mass is 10.2. The maximum atomic E-state index is 5.89. The summed E-state index contributed by atoms with van der Waals surface area (Å²) in [5.41, 5.74) is 2.39. The van der Waals surface area contributed by atoms with E-state index in [1.54, 1.807) is 7.11 Å². The van der Waals surface area contributed by atoms with E-state index in [0.29, 0.717) is 6.61 Å². The van der Waals surface area contributed by atoms with E-state index in [4.69, 9.17) is 9.47 Å². The van der Waals surface area contributed by atoms with Gasteiger partial charge in [0, 0.05) is 6.54 Å². The molecule has 22 heavy (non-hydrogen) atoms. The van der Waals surface area contributed by atoms with Crippen molar-refractivity contribution < 1.29 is 9.47 Å². The van der Waals surface area contributed by atoms with Gasteiger partial charge in [-0.2, -0.15) is 0 Å². The van der Waals surface area contributed by atoms with Gasteiger partial charge in [-0.3, -0.25) is 4.90 Å². The van der Waals surface area contributed by atoms with Crippen molar-refractivity contribution >= 4 is 0 Å². The van der Waals surface area contributed by atoms with E-state index >= 15 is 0 Å². The molecule has 118 valence electrons. The van der Waals surface area contributed by atoms with Gasteiger partial charge in [0.1, 0.15) is 6.61 Å². The highest BCUT2D eigenvalue weighted by molar-refractivity contribution is 5.43. The second kappa shape index (κ2) is 8.44. The van der Waals surface area contributed by atoms with Crippen LogP contribution in [0.3, 0.4) is 0 Å². The van der Waals surface area contributed by atoms with Crippen LogP contribution in [0, 0.1) is 0 Å². The summed E-state index contributed by atoms with van der Waals surface area (Å²) in [6.07, 6.45) is 0. The van der Waals surface area contributed by atoms with E-state index in [9.17, 15) is 0 Å². The van der Waals surface area contributed by atoms with Gasteiger partial charge in [-0.15, -0.1) is 0 Å². The van der Waals surface area contributed by atoms with Crippen LogP contribution in [-0.4, -0.2) is 25.1 Å². The third-order valence-electron chi connectivity index (χ3n) is 3.77. The molecule has 2 aromatic carbocycles. The molecule has 3 heteroatoms. The average molecular weight is 299 g/mol. The highest BCUT2D eigenvalue weighted by Crippen LogP contribution is 2.29. The number of ether oxygens (including phenoxy) is 2. The Kier molecular flexibility index (Phi) is 6.28. The van der Waals surface area contributed by atoms with Crippen molar-refractivity contribution in [2.24, 2.45) is 0 Å². The molecule has 0 atom stereocenters. The molecule has 0 amide bonds. The van der Waals surface area contributed by atoms with Crippen molar-refractivity contribution in [3.8, 4) is 11.5 Å². The van der Waals surface area contributed by atoms with Crippen LogP contribution >= 0.6 is 0 Å². The molecular weight excluding hydrogens is 274 g/mol. The molecule has 0 N–H and O–H groups in total. The maximum absolute atomic E-state index is 5.89. The van der Waals surface area contributed by atoms with E-state index in [1.165, 1.54) is 5.56 Å². The van der Waals surface area contributed by atoms with Gasteiger partial charge in [0.15, 0.2) is 11.5 Å². The Balaban J connectivity index is 2.05. The molecule has 3 nitrogen and oxygen atoms in total. The van der Waals surface area contributed by atoms with Crippen LogP contribution < -0.4 is 9.47 Å². The molecule has 2 aromatic rings. The molecule has 2 rings (SSSR count). The van der Waals surface area contributed by atoms with Crippen molar-refractivity contribution in [2.45, 2.75) is 27.0 Å². The van der Waals surface area contributed by atoms with E-state index < -0.39 is 0 Å². The summed E-state index contributed by atoms with van der Waals surface area (Å²) in [6, 6.07) is 16.3. The first-order valence-corrected chi connectivity index (χ1v) is 7.82. The SMILES string of the molecule is CCN(CC)Cc1ccc(OCc2ccccc2)c(OC)c1. The van der Waals surface area contributed by atoms with Gasteiger partial charge in [0.25, 0.3) is 0 Å². The summed E-state index contributed by atoms with van der Waals surface area (Å²) in [6.45, 7) is 7.93. The summed E-state index contributed by atoms with van der Waals surface area (Å²) in [5.74, 6) is 1.58. The monoisotopic (exact) mass is 299 g/mol. The fourth-order valence-electron chi connectivity index (χ4n) is 2.37. The van der Waals surface area contributed by atoms with Crippen molar-refractivity contribution in [1.82, 2.24) is 4.90 Å². The summed E-state index contributed by atoms with van der Waals surface area (Å²) in [5, 5.41) is 0. The molecule has 0 spiro atoms. The minimum atomic E-state index is 0.548. The number of hydrogen-bond donors (Lipinski definition) is 0. The first-order valence-electron chi connectivity index (χ1n) is 7.82. The fraction of sp³-hybridized carbons (Fsp3) is 0.368. The van der Waals surface area contributed by atoms with Crippen LogP contribution in [0.4, 0.5) is 0 Å². The summed E-state index contributed by atoms with van der Waals surface area (Å²) in [7, 11) is 1.69. The van der Waals surface area contributed by atoms with Gasteiger partial charge in [0.05, 0.1) is 7.11 Å². The highest BCUT2D eigenvalue weighted by Gasteiger charge is 2.08. The molecule has 0 radical (unpaired) electrons. The predicted molar refractivity (Wildman–Crippen MR) is 90.4 cm³/mol. The zero-order chi connectivity index (χ0) is 15.8. The van der Waals surface area contributed by atoms with Crippen molar-refractivity contribution in [1.29, 1.82) is 0 Å². The Morgan fingerprint density at radius 1 is 0.864 bits per heavy atom. The zero-order valence-corrected chi connectivity index (χ0v) is 13.7. The number of hydrogen-bond acceptors (Lipinski definition) is 3. The first-order chi connectivity index (χ1) is 10.8. The molecular formula is C19H25NO2. The van der Waals surface area contributed by atoms with Crippen molar-refractivity contribution in [3.05, 3.63) is 59.7 Å². The lowest BCUT2D eigenvalue weighted by molar-refractivity contribution is 0.281. The standard InChI is InChI=1S/C19H25NO2/c1-4-20(5-2)14-17-11-12-18(19(13-17)21-3)22-15-16-9-7-6-8-10-16/h6-13H,4-5,14-15H2,1-3H3. The van der Waals surface area contributed by atoms with E-state index in [2.05, 4.69) is 43.0 Å². The van der Waals surface area contributed by atoms with Crippen LogP contribution in [0.1, 0.15) is 25.0 Å². The number of rotatable bonds is 8. The van der Waals surface area contributed by atoms with E-state index in [1.807, 2.05) is 24.3 Å². The first kappa shape index (κ1) is 16.4. The molecule has 0 saturated heterocycles. The van der Waals surface area contributed by atoms with E-state index in [-0.39, 0.29) is 0 Å². The third-order valence-corrected chi connectivity index (χ3v) is 3.77. The Morgan fingerprint density at radius 2 is 1.59 bits per heavy atom. The predicted octanol–water partition coefficient (Wildman–Crippen LogP) is 4.12. The minimum Gasteiger partial charge on any atom is -0.493 e. The Hall–Kier alpha value is -2.00. The van der Waals surface area contributed by atoms with Crippen LogP contribution in [0.25, 0.3) is 0 Å². The molecule has 0 aromatic heterocycles. The van der Waals surface area contributed by atoms with Crippen LogP contribution in [-0.2, 0) is 13.2 Å². The van der Waals surface area contributed by atoms with Crippen molar-refractivity contribution in [3.63, 3.8) is 0 Å². The Morgan fingerprint density at radius 3 is 2.23 bits per heavy atom. The molecule has 0 fully saturated rings. The lowest BCUT2D eigenvalue weighted by Crippen LogP contribution is -2.22. The normalized spacial score (nSPS) is 10.7. The smallest absolute Gasteiger partial charge is 0.161 e. The second-order valence-corrected chi connectivity index (χ2v) is 5.22. The molecule has 0 unspecified atom stereocenters. The molecule has 0 bridgehead atoms. The van der Waals surface area contributed by atoms with Gasteiger partial charge in [-0.25, -0.2) is 0 Å². The third kappa shape index (κ3) is 4.50. The van der Waals surface area contributed by atoms with Gasteiger partial charge in [-0.1, -0.05) is 50.2 Å².